The second kappa shape index (κ2) is 6.70. The van der Waals surface area contributed by atoms with Gasteiger partial charge in [0.2, 0.25) is 5.91 Å². The minimum atomic E-state index is -0.908. The number of fused-ring (bicyclic) bond motifs is 1. The number of hydrogen-bond acceptors (Lipinski definition) is 3. The van der Waals surface area contributed by atoms with Crippen molar-refractivity contribution in [1.29, 1.82) is 0 Å². The second-order valence-corrected chi connectivity index (χ2v) is 6.74. The van der Waals surface area contributed by atoms with E-state index in [4.69, 9.17) is 0 Å². The summed E-state index contributed by atoms with van der Waals surface area (Å²) in [6.45, 7) is 6.96. The molecule has 2 aromatic rings. The zero-order valence-electron chi connectivity index (χ0n) is 14.8. The fourth-order valence-corrected chi connectivity index (χ4v) is 3.58. The SMILES string of the molecule is Cc1cc(C)n(C(C)CC(=O)N2CCc3c(cccc3C(=O)O)C2)n1. The number of aromatic nitrogens is 2. The standard InChI is InChI=1S/C19H23N3O3/c1-12-9-13(2)22(20-12)14(3)10-18(23)21-8-7-16-15(11-21)5-4-6-17(16)19(24)25/h4-6,9,14H,7-8,10-11H2,1-3H3,(H,24,25). The molecule has 132 valence electrons. The van der Waals surface area contributed by atoms with Crippen LogP contribution >= 0.6 is 0 Å². The van der Waals surface area contributed by atoms with Crippen LogP contribution in [0.4, 0.5) is 0 Å². The Bertz CT molecular complexity index is 825. The Hall–Kier alpha value is -2.63. The maximum absolute atomic E-state index is 12.7. The van der Waals surface area contributed by atoms with Gasteiger partial charge in [0.1, 0.15) is 0 Å². The van der Waals surface area contributed by atoms with Crippen LogP contribution in [0.3, 0.4) is 0 Å². The number of aromatic carboxylic acids is 1. The Labute approximate surface area is 147 Å². The molecule has 0 fully saturated rings. The number of carboxylic acid groups (broad SMARTS) is 1. The fraction of sp³-hybridized carbons (Fsp3) is 0.421. The van der Waals surface area contributed by atoms with Gasteiger partial charge in [-0.1, -0.05) is 12.1 Å². The quantitative estimate of drug-likeness (QED) is 0.928. The van der Waals surface area contributed by atoms with Crippen LogP contribution < -0.4 is 0 Å². The van der Waals surface area contributed by atoms with E-state index in [2.05, 4.69) is 5.10 Å². The van der Waals surface area contributed by atoms with E-state index in [1.807, 2.05) is 42.5 Å². The van der Waals surface area contributed by atoms with Crippen LogP contribution in [0.15, 0.2) is 24.3 Å². The van der Waals surface area contributed by atoms with E-state index in [9.17, 15) is 14.7 Å². The molecule has 2 heterocycles. The first-order valence-corrected chi connectivity index (χ1v) is 8.51. The summed E-state index contributed by atoms with van der Waals surface area (Å²) >= 11 is 0. The van der Waals surface area contributed by atoms with Gasteiger partial charge in [-0.2, -0.15) is 5.10 Å². The van der Waals surface area contributed by atoms with Gasteiger partial charge < -0.3 is 10.0 Å². The van der Waals surface area contributed by atoms with Crippen molar-refractivity contribution in [2.45, 2.75) is 46.2 Å². The molecule has 0 spiro atoms. The third-order valence-corrected chi connectivity index (χ3v) is 4.78. The van der Waals surface area contributed by atoms with Crippen molar-refractivity contribution in [3.63, 3.8) is 0 Å². The van der Waals surface area contributed by atoms with Crippen LogP contribution in [0, 0.1) is 13.8 Å². The Kier molecular flexibility index (Phi) is 4.61. The Morgan fingerprint density at radius 2 is 2.08 bits per heavy atom. The number of carboxylic acids is 1. The Morgan fingerprint density at radius 1 is 1.32 bits per heavy atom. The first kappa shape index (κ1) is 17.2. The molecule has 0 aliphatic carbocycles. The Balaban J connectivity index is 1.71. The summed E-state index contributed by atoms with van der Waals surface area (Å²) < 4.78 is 1.90. The van der Waals surface area contributed by atoms with Crippen LogP contribution in [0.1, 0.15) is 52.3 Å². The highest BCUT2D eigenvalue weighted by atomic mass is 16.4. The zero-order valence-corrected chi connectivity index (χ0v) is 14.8. The Morgan fingerprint density at radius 3 is 2.72 bits per heavy atom. The first-order chi connectivity index (χ1) is 11.9. The van der Waals surface area contributed by atoms with Crippen molar-refractivity contribution in [3.05, 3.63) is 52.3 Å². The molecule has 1 unspecified atom stereocenters. The van der Waals surface area contributed by atoms with Crippen LogP contribution in [-0.2, 0) is 17.8 Å². The highest BCUT2D eigenvalue weighted by Gasteiger charge is 2.25. The lowest BCUT2D eigenvalue weighted by Crippen LogP contribution is -2.37. The van der Waals surface area contributed by atoms with Crippen molar-refractivity contribution in [2.75, 3.05) is 6.54 Å². The summed E-state index contributed by atoms with van der Waals surface area (Å²) in [5.41, 5.74) is 4.13. The summed E-state index contributed by atoms with van der Waals surface area (Å²) in [5, 5.41) is 13.8. The van der Waals surface area contributed by atoms with Crippen molar-refractivity contribution in [2.24, 2.45) is 0 Å². The molecule has 1 aliphatic rings. The molecule has 0 radical (unpaired) electrons. The molecule has 0 bridgehead atoms. The molecule has 25 heavy (non-hydrogen) atoms. The van der Waals surface area contributed by atoms with E-state index in [0.717, 1.165) is 22.5 Å². The van der Waals surface area contributed by atoms with Gasteiger partial charge in [-0.15, -0.1) is 0 Å². The lowest BCUT2D eigenvalue weighted by Gasteiger charge is -2.30. The highest BCUT2D eigenvalue weighted by molar-refractivity contribution is 5.90. The van der Waals surface area contributed by atoms with Gasteiger partial charge in [0.15, 0.2) is 0 Å². The molecular weight excluding hydrogens is 318 g/mol. The number of aryl methyl sites for hydroxylation is 2. The second-order valence-electron chi connectivity index (χ2n) is 6.74. The third kappa shape index (κ3) is 3.43. The average Bonchev–Trinajstić information content (AvgIpc) is 2.92. The number of amides is 1. The highest BCUT2D eigenvalue weighted by Crippen LogP contribution is 2.24. The summed E-state index contributed by atoms with van der Waals surface area (Å²) in [4.78, 5) is 25.8. The first-order valence-electron chi connectivity index (χ1n) is 8.51. The molecule has 1 aromatic heterocycles. The molecule has 0 saturated heterocycles. The average molecular weight is 341 g/mol. The smallest absolute Gasteiger partial charge is 0.335 e. The van der Waals surface area contributed by atoms with E-state index < -0.39 is 5.97 Å². The zero-order chi connectivity index (χ0) is 18.1. The van der Waals surface area contributed by atoms with Crippen molar-refractivity contribution in [3.8, 4) is 0 Å². The summed E-state index contributed by atoms with van der Waals surface area (Å²) in [5.74, 6) is -0.832. The summed E-state index contributed by atoms with van der Waals surface area (Å²) in [6, 6.07) is 7.28. The normalized spacial score (nSPS) is 14.9. The maximum Gasteiger partial charge on any atom is 0.335 e. The number of benzene rings is 1. The lowest BCUT2D eigenvalue weighted by molar-refractivity contribution is -0.132. The fourth-order valence-electron chi connectivity index (χ4n) is 3.58. The van der Waals surface area contributed by atoms with E-state index in [0.29, 0.717) is 31.5 Å². The number of carbonyl (C=O) groups is 2. The van der Waals surface area contributed by atoms with Gasteiger partial charge in [-0.05, 0) is 50.5 Å². The number of rotatable bonds is 4. The predicted octanol–water partition coefficient (Wildman–Crippen LogP) is 2.73. The number of nitrogens with zero attached hydrogens (tertiary/aromatic N) is 3. The van der Waals surface area contributed by atoms with Crippen molar-refractivity contribution in [1.82, 2.24) is 14.7 Å². The van der Waals surface area contributed by atoms with Crippen LogP contribution in [0.25, 0.3) is 0 Å². The minimum absolute atomic E-state index is 0.00653. The van der Waals surface area contributed by atoms with E-state index >= 15 is 0 Å². The molecule has 1 N–H and O–H groups in total. The molecule has 1 amide bonds. The van der Waals surface area contributed by atoms with E-state index in [1.165, 1.54) is 0 Å². The van der Waals surface area contributed by atoms with Gasteiger partial charge >= 0.3 is 5.97 Å². The van der Waals surface area contributed by atoms with E-state index in [-0.39, 0.29) is 11.9 Å². The molecule has 3 rings (SSSR count). The lowest BCUT2D eigenvalue weighted by atomic mass is 9.94. The van der Waals surface area contributed by atoms with Crippen LogP contribution in [0.5, 0.6) is 0 Å². The maximum atomic E-state index is 12.7. The topological polar surface area (TPSA) is 75.4 Å². The summed E-state index contributed by atoms with van der Waals surface area (Å²) in [7, 11) is 0. The molecular formula is C19H23N3O3. The third-order valence-electron chi connectivity index (χ3n) is 4.78. The summed E-state index contributed by atoms with van der Waals surface area (Å²) in [6.07, 6.45) is 0.966. The van der Waals surface area contributed by atoms with Crippen LogP contribution in [0.2, 0.25) is 0 Å². The molecule has 0 saturated carbocycles. The largest absolute Gasteiger partial charge is 0.478 e. The number of carbonyl (C=O) groups excluding carboxylic acids is 1. The molecule has 1 aliphatic heterocycles. The van der Waals surface area contributed by atoms with Gasteiger partial charge in [0.05, 0.1) is 17.3 Å². The molecule has 1 atom stereocenters. The molecule has 1 aromatic carbocycles. The van der Waals surface area contributed by atoms with Gasteiger partial charge in [0.25, 0.3) is 0 Å². The van der Waals surface area contributed by atoms with Crippen LogP contribution in [-0.4, -0.2) is 38.2 Å². The molecule has 6 heteroatoms. The van der Waals surface area contributed by atoms with Crippen molar-refractivity contribution >= 4 is 11.9 Å². The van der Waals surface area contributed by atoms with Gasteiger partial charge in [-0.3, -0.25) is 9.48 Å². The van der Waals surface area contributed by atoms with Gasteiger partial charge in [-0.25, -0.2) is 4.79 Å². The van der Waals surface area contributed by atoms with E-state index in [1.54, 1.807) is 12.1 Å². The molecule has 6 nitrogen and oxygen atoms in total. The predicted molar refractivity (Wildman–Crippen MR) is 93.6 cm³/mol. The van der Waals surface area contributed by atoms with Crippen molar-refractivity contribution < 1.29 is 14.7 Å². The number of hydrogen-bond donors (Lipinski definition) is 1. The monoisotopic (exact) mass is 341 g/mol. The minimum Gasteiger partial charge on any atom is -0.478 e. The van der Waals surface area contributed by atoms with Gasteiger partial charge in [0, 0.05) is 25.2 Å².